The highest BCUT2D eigenvalue weighted by molar-refractivity contribution is 6.36. The Bertz CT molecular complexity index is 726. The minimum absolute atomic E-state index is 0.129. The van der Waals surface area contributed by atoms with Crippen LogP contribution in [0.1, 0.15) is 57.9 Å². The van der Waals surface area contributed by atoms with Crippen LogP contribution in [0.5, 0.6) is 0 Å². The SMILES string of the molecule is CCCCCCN1C(=O)C(c2ccc(Cl)cc2)=C(N2CCCC(C)C2)C1=O. The van der Waals surface area contributed by atoms with Crippen LogP contribution in [-0.2, 0) is 9.59 Å². The Balaban J connectivity index is 1.92. The molecule has 27 heavy (non-hydrogen) atoms. The highest BCUT2D eigenvalue weighted by atomic mass is 35.5. The van der Waals surface area contributed by atoms with Gasteiger partial charge >= 0.3 is 0 Å². The molecule has 0 bridgehead atoms. The fraction of sp³-hybridized carbons (Fsp3) is 0.545. The van der Waals surface area contributed by atoms with Crippen molar-refractivity contribution in [2.24, 2.45) is 5.92 Å². The number of piperidine rings is 1. The summed E-state index contributed by atoms with van der Waals surface area (Å²) in [6.45, 7) is 6.52. The van der Waals surface area contributed by atoms with Crippen LogP contribution in [0, 0.1) is 5.92 Å². The van der Waals surface area contributed by atoms with E-state index in [9.17, 15) is 9.59 Å². The van der Waals surface area contributed by atoms with E-state index in [1.807, 2.05) is 12.1 Å². The fourth-order valence-electron chi connectivity index (χ4n) is 4.03. The summed E-state index contributed by atoms with van der Waals surface area (Å²) in [7, 11) is 0. The molecule has 2 amide bonds. The molecule has 2 aliphatic rings. The summed E-state index contributed by atoms with van der Waals surface area (Å²) in [5.41, 5.74) is 1.91. The summed E-state index contributed by atoms with van der Waals surface area (Å²) < 4.78 is 0. The number of hydrogen-bond donors (Lipinski definition) is 0. The lowest BCUT2D eigenvalue weighted by Gasteiger charge is -2.33. The van der Waals surface area contributed by atoms with Crippen molar-refractivity contribution in [1.29, 1.82) is 0 Å². The molecule has 0 aliphatic carbocycles. The van der Waals surface area contributed by atoms with Gasteiger partial charge in [-0.25, -0.2) is 0 Å². The first-order valence-electron chi connectivity index (χ1n) is 10.1. The van der Waals surface area contributed by atoms with Crippen molar-refractivity contribution in [3.8, 4) is 0 Å². The number of carbonyl (C=O) groups is 2. The summed E-state index contributed by atoms with van der Waals surface area (Å²) >= 11 is 6.03. The van der Waals surface area contributed by atoms with Gasteiger partial charge in [-0.15, -0.1) is 0 Å². The molecule has 0 saturated carbocycles. The van der Waals surface area contributed by atoms with Gasteiger partial charge in [0.2, 0.25) is 0 Å². The third-order valence-corrected chi connectivity index (χ3v) is 5.74. The largest absolute Gasteiger partial charge is 0.366 e. The van der Waals surface area contributed by atoms with Gasteiger partial charge in [0.25, 0.3) is 11.8 Å². The highest BCUT2D eigenvalue weighted by Crippen LogP contribution is 2.34. The van der Waals surface area contributed by atoms with Crippen molar-refractivity contribution in [2.75, 3.05) is 19.6 Å². The van der Waals surface area contributed by atoms with Gasteiger partial charge in [0, 0.05) is 24.7 Å². The zero-order valence-electron chi connectivity index (χ0n) is 16.3. The smallest absolute Gasteiger partial charge is 0.277 e. The number of halogens is 1. The molecule has 1 fully saturated rings. The van der Waals surface area contributed by atoms with Crippen molar-refractivity contribution >= 4 is 29.0 Å². The Morgan fingerprint density at radius 2 is 1.81 bits per heavy atom. The van der Waals surface area contributed by atoms with Crippen LogP contribution in [0.3, 0.4) is 0 Å². The predicted octanol–water partition coefficient (Wildman–Crippen LogP) is 4.73. The molecule has 3 rings (SSSR count). The summed E-state index contributed by atoms with van der Waals surface area (Å²) in [5, 5.41) is 0.626. The molecule has 1 aromatic rings. The number of imide groups is 1. The maximum atomic E-state index is 13.2. The van der Waals surface area contributed by atoms with Gasteiger partial charge in [0.1, 0.15) is 5.70 Å². The highest BCUT2D eigenvalue weighted by Gasteiger charge is 2.41. The first-order chi connectivity index (χ1) is 13.0. The number of likely N-dealkylation sites (tertiary alicyclic amines) is 1. The van der Waals surface area contributed by atoms with Crippen molar-refractivity contribution in [1.82, 2.24) is 9.80 Å². The molecule has 2 heterocycles. The van der Waals surface area contributed by atoms with Crippen LogP contribution in [-0.4, -0.2) is 41.2 Å². The average Bonchev–Trinajstić information content (AvgIpc) is 2.90. The third-order valence-electron chi connectivity index (χ3n) is 5.48. The summed E-state index contributed by atoms with van der Waals surface area (Å²) in [5.74, 6) is 0.238. The number of unbranched alkanes of at least 4 members (excludes halogenated alkanes) is 3. The van der Waals surface area contributed by atoms with E-state index in [1.165, 1.54) is 11.3 Å². The molecule has 5 heteroatoms. The fourth-order valence-corrected chi connectivity index (χ4v) is 4.15. The molecule has 1 aromatic carbocycles. The molecule has 0 aromatic heterocycles. The van der Waals surface area contributed by atoms with Crippen molar-refractivity contribution < 1.29 is 9.59 Å². The number of nitrogens with zero attached hydrogens (tertiary/aromatic N) is 2. The molecular weight excluding hydrogens is 360 g/mol. The molecular formula is C22H29ClN2O2. The zero-order valence-corrected chi connectivity index (χ0v) is 17.1. The van der Waals surface area contributed by atoms with E-state index in [1.54, 1.807) is 12.1 Å². The quantitative estimate of drug-likeness (QED) is 0.500. The van der Waals surface area contributed by atoms with Gasteiger partial charge in [-0.1, -0.05) is 56.8 Å². The Morgan fingerprint density at radius 1 is 1.07 bits per heavy atom. The van der Waals surface area contributed by atoms with Gasteiger partial charge < -0.3 is 4.90 Å². The van der Waals surface area contributed by atoms with E-state index in [0.29, 0.717) is 28.8 Å². The summed E-state index contributed by atoms with van der Waals surface area (Å²) in [4.78, 5) is 30.0. The normalized spacial score (nSPS) is 20.8. The lowest BCUT2D eigenvalue weighted by Crippen LogP contribution is -2.39. The molecule has 1 unspecified atom stereocenters. The van der Waals surface area contributed by atoms with E-state index in [0.717, 1.165) is 50.8 Å². The number of benzene rings is 1. The topological polar surface area (TPSA) is 40.6 Å². The second-order valence-electron chi connectivity index (χ2n) is 7.75. The molecule has 0 radical (unpaired) electrons. The lowest BCUT2D eigenvalue weighted by molar-refractivity contribution is -0.137. The second kappa shape index (κ2) is 8.92. The third kappa shape index (κ3) is 4.37. The van der Waals surface area contributed by atoms with Gasteiger partial charge in [0.05, 0.1) is 5.57 Å². The Hall–Kier alpha value is -1.81. The minimum atomic E-state index is -0.160. The Morgan fingerprint density at radius 3 is 2.48 bits per heavy atom. The van der Waals surface area contributed by atoms with Gasteiger partial charge in [0.15, 0.2) is 0 Å². The second-order valence-corrected chi connectivity index (χ2v) is 8.18. The molecule has 1 saturated heterocycles. The molecule has 146 valence electrons. The van der Waals surface area contributed by atoms with Crippen molar-refractivity contribution in [2.45, 2.75) is 52.4 Å². The molecule has 0 spiro atoms. The van der Waals surface area contributed by atoms with Crippen LogP contribution in [0.2, 0.25) is 5.02 Å². The average molecular weight is 389 g/mol. The van der Waals surface area contributed by atoms with E-state index in [2.05, 4.69) is 18.7 Å². The van der Waals surface area contributed by atoms with Crippen molar-refractivity contribution in [3.05, 3.63) is 40.5 Å². The Kier molecular flexibility index (Phi) is 6.59. The Labute approximate surface area is 167 Å². The van der Waals surface area contributed by atoms with Crippen molar-refractivity contribution in [3.63, 3.8) is 0 Å². The number of rotatable bonds is 7. The van der Waals surface area contributed by atoms with Crippen LogP contribution < -0.4 is 0 Å². The van der Waals surface area contributed by atoms with E-state index < -0.39 is 0 Å². The van der Waals surface area contributed by atoms with Crippen LogP contribution in [0.15, 0.2) is 30.0 Å². The van der Waals surface area contributed by atoms with Gasteiger partial charge in [-0.2, -0.15) is 0 Å². The monoisotopic (exact) mass is 388 g/mol. The van der Waals surface area contributed by atoms with Crippen LogP contribution in [0.4, 0.5) is 0 Å². The zero-order chi connectivity index (χ0) is 19.4. The first kappa shape index (κ1) is 19.9. The first-order valence-corrected chi connectivity index (χ1v) is 10.5. The molecule has 2 aliphatic heterocycles. The molecule has 1 atom stereocenters. The van der Waals surface area contributed by atoms with Gasteiger partial charge in [-0.3, -0.25) is 14.5 Å². The van der Waals surface area contributed by atoms with Gasteiger partial charge in [-0.05, 0) is 42.9 Å². The maximum Gasteiger partial charge on any atom is 0.277 e. The number of hydrogen-bond acceptors (Lipinski definition) is 3. The minimum Gasteiger partial charge on any atom is -0.366 e. The summed E-state index contributed by atoms with van der Waals surface area (Å²) in [6.07, 6.45) is 6.39. The summed E-state index contributed by atoms with van der Waals surface area (Å²) in [6, 6.07) is 7.25. The van der Waals surface area contributed by atoms with E-state index in [-0.39, 0.29) is 11.8 Å². The van der Waals surface area contributed by atoms with Crippen LogP contribution in [0.25, 0.3) is 5.57 Å². The molecule has 4 nitrogen and oxygen atoms in total. The number of amides is 2. The lowest BCUT2D eigenvalue weighted by atomic mass is 9.98. The van der Waals surface area contributed by atoms with Crippen LogP contribution >= 0.6 is 11.6 Å². The predicted molar refractivity (Wildman–Crippen MR) is 109 cm³/mol. The molecule has 0 N–H and O–H groups in total. The maximum absolute atomic E-state index is 13.2. The number of carbonyl (C=O) groups excluding carboxylic acids is 2. The standard InChI is InChI=1S/C22H29ClN2O2/c1-3-4-5-6-14-25-21(26)19(17-9-11-18(23)12-10-17)20(22(25)27)24-13-7-8-16(2)15-24/h9-12,16H,3-8,13-15H2,1-2H3. The van der Waals surface area contributed by atoms with E-state index >= 15 is 0 Å². The van der Waals surface area contributed by atoms with E-state index in [4.69, 9.17) is 11.6 Å².